The molecule has 0 aromatic heterocycles. The van der Waals surface area contributed by atoms with E-state index in [0.717, 1.165) is 29.8 Å². The molecule has 0 fully saturated rings. The zero-order valence-corrected chi connectivity index (χ0v) is 15.6. The van der Waals surface area contributed by atoms with E-state index in [9.17, 15) is 9.59 Å². The summed E-state index contributed by atoms with van der Waals surface area (Å²) in [6.45, 7) is 8.96. The van der Waals surface area contributed by atoms with Crippen molar-refractivity contribution in [2.75, 3.05) is 31.6 Å². The Hall–Kier alpha value is -2.24. The zero-order valence-electron chi connectivity index (χ0n) is 15.6. The third-order valence-electron chi connectivity index (χ3n) is 4.73. The minimum absolute atomic E-state index is 0.0455. The number of ether oxygens (including phenoxy) is 2. The summed E-state index contributed by atoms with van der Waals surface area (Å²) in [6.07, 6.45) is 1.23. The zero-order chi connectivity index (χ0) is 18.4. The van der Waals surface area contributed by atoms with E-state index in [1.165, 1.54) is 11.1 Å². The van der Waals surface area contributed by atoms with Gasteiger partial charge in [0, 0.05) is 20.1 Å². The first kappa shape index (κ1) is 17.6. The standard InChI is InChI=1S/C19H26N2O4/c1-12-14-7-9-21(18(23)25-19(2,3)4)8-6-13(14)10-15-17(12)24-11-16(22)20(15)5/h10H,6-9,11H2,1-5H3. The van der Waals surface area contributed by atoms with Crippen molar-refractivity contribution in [3.8, 4) is 5.75 Å². The molecule has 6 heteroatoms. The molecule has 0 bridgehead atoms. The molecule has 2 aliphatic rings. The molecule has 0 saturated heterocycles. The van der Waals surface area contributed by atoms with Gasteiger partial charge in [0.25, 0.3) is 5.91 Å². The molecule has 0 radical (unpaired) electrons. The van der Waals surface area contributed by atoms with E-state index >= 15 is 0 Å². The number of nitrogens with zero attached hydrogens (tertiary/aromatic N) is 2. The first-order valence-corrected chi connectivity index (χ1v) is 8.70. The number of rotatable bonds is 0. The lowest BCUT2D eigenvalue weighted by Crippen LogP contribution is -2.38. The average Bonchev–Trinajstić information content (AvgIpc) is 2.73. The van der Waals surface area contributed by atoms with Crippen molar-refractivity contribution in [3.05, 3.63) is 22.8 Å². The second-order valence-corrected chi connectivity index (χ2v) is 7.70. The van der Waals surface area contributed by atoms with Crippen molar-refractivity contribution in [2.24, 2.45) is 0 Å². The molecule has 0 unspecified atom stereocenters. The predicted octanol–water partition coefficient (Wildman–Crippen LogP) is 2.69. The molecule has 0 aliphatic carbocycles. The van der Waals surface area contributed by atoms with Crippen LogP contribution in [-0.2, 0) is 22.4 Å². The number of anilines is 1. The molecule has 0 spiro atoms. The van der Waals surface area contributed by atoms with Crippen LogP contribution in [0, 0.1) is 6.92 Å². The number of fused-ring (bicyclic) bond motifs is 2. The van der Waals surface area contributed by atoms with Gasteiger partial charge < -0.3 is 19.3 Å². The lowest BCUT2D eigenvalue weighted by Gasteiger charge is -2.29. The van der Waals surface area contributed by atoms with Gasteiger partial charge in [0.2, 0.25) is 0 Å². The van der Waals surface area contributed by atoms with E-state index in [1.807, 2.05) is 33.8 Å². The van der Waals surface area contributed by atoms with Crippen LogP contribution in [0.25, 0.3) is 0 Å². The summed E-state index contributed by atoms with van der Waals surface area (Å²) < 4.78 is 11.2. The van der Waals surface area contributed by atoms with E-state index < -0.39 is 5.60 Å². The number of benzene rings is 1. The number of hydrogen-bond donors (Lipinski definition) is 0. The van der Waals surface area contributed by atoms with Gasteiger partial charge >= 0.3 is 6.09 Å². The van der Waals surface area contributed by atoms with E-state index in [4.69, 9.17) is 9.47 Å². The number of likely N-dealkylation sites (N-methyl/N-ethyl adjacent to an activating group) is 1. The average molecular weight is 346 g/mol. The van der Waals surface area contributed by atoms with E-state index in [1.54, 1.807) is 16.8 Å². The second-order valence-electron chi connectivity index (χ2n) is 7.70. The Labute approximate surface area is 148 Å². The fraction of sp³-hybridized carbons (Fsp3) is 0.579. The van der Waals surface area contributed by atoms with Gasteiger partial charge in [-0.1, -0.05) is 0 Å². The second kappa shape index (κ2) is 6.24. The normalized spacial score (nSPS) is 17.4. The highest BCUT2D eigenvalue weighted by Crippen LogP contribution is 2.39. The van der Waals surface area contributed by atoms with Gasteiger partial charge in [-0.25, -0.2) is 4.79 Å². The minimum atomic E-state index is -0.498. The fourth-order valence-electron chi connectivity index (χ4n) is 3.38. The number of carbonyl (C=O) groups excluding carboxylic acids is 2. The first-order valence-electron chi connectivity index (χ1n) is 8.70. The highest BCUT2D eigenvalue weighted by molar-refractivity contribution is 5.98. The van der Waals surface area contributed by atoms with Crippen molar-refractivity contribution in [3.63, 3.8) is 0 Å². The molecule has 136 valence electrons. The quantitative estimate of drug-likeness (QED) is 0.725. The monoisotopic (exact) mass is 346 g/mol. The molecule has 1 aromatic carbocycles. The lowest BCUT2D eigenvalue weighted by molar-refractivity contribution is -0.121. The summed E-state index contributed by atoms with van der Waals surface area (Å²) in [5.41, 5.74) is 3.78. The number of amides is 2. The van der Waals surface area contributed by atoms with Gasteiger partial charge in [-0.05, 0) is 63.3 Å². The van der Waals surface area contributed by atoms with Crippen molar-refractivity contribution in [2.45, 2.75) is 46.1 Å². The van der Waals surface area contributed by atoms with Crippen LogP contribution < -0.4 is 9.64 Å². The summed E-state index contributed by atoms with van der Waals surface area (Å²) in [7, 11) is 1.78. The molecule has 25 heavy (non-hydrogen) atoms. The third-order valence-corrected chi connectivity index (χ3v) is 4.73. The van der Waals surface area contributed by atoms with Crippen LogP contribution >= 0.6 is 0 Å². The molecule has 6 nitrogen and oxygen atoms in total. The first-order chi connectivity index (χ1) is 11.7. The molecule has 2 amide bonds. The maximum atomic E-state index is 12.4. The minimum Gasteiger partial charge on any atom is -0.481 e. The van der Waals surface area contributed by atoms with Gasteiger partial charge in [0.1, 0.15) is 11.4 Å². The predicted molar refractivity (Wildman–Crippen MR) is 95.3 cm³/mol. The van der Waals surface area contributed by atoms with Crippen molar-refractivity contribution in [1.82, 2.24) is 4.90 Å². The lowest BCUT2D eigenvalue weighted by atomic mass is 9.95. The van der Waals surface area contributed by atoms with Crippen LogP contribution in [-0.4, -0.2) is 49.2 Å². The van der Waals surface area contributed by atoms with Gasteiger partial charge in [0.15, 0.2) is 6.61 Å². The Bertz CT molecular complexity index is 721. The van der Waals surface area contributed by atoms with Gasteiger partial charge in [-0.15, -0.1) is 0 Å². The van der Waals surface area contributed by atoms with Crippen LogP contribution in [0.1, 0.15) is 37.5 Å². The fourth-order valence-corrected chi connectivity index (χ4v) is 3.38. The Balaban J connectivity index is 1.86. The molecule has 0 atom stereocenters. The third kappa shape index (κ3) is 3.43. The Morgan fingerprint density at radius 1 is 1.24 bits per heavy atom. The highest BCUT2D eigenvalue weighted by atomic mass is 16.6. The SMILES string of the molecule is Cc1c2c(cc3c1OCC(=O)N3C)CCN(C(=O)OC(C)(C)C)CC2. The summed E-state index contributed by atoms with van der Waals surface area (Å²) in [6, 6.07) is 2.04. The van der Waals surface area contributed by atoms with Crippen LogP contribution in [0.5, 0.6) is 5.75 Å². The Morgan fingerprint density at radius 2 is 1.92 bits per heavy atom. The van der Waals surface area contributed by atoms with Crippen molar-refractivity contribution < 1.29 is 19.1 Å². The largest absolute Gasteiger partial charge is 0.481 e. The van der Waals surface area contributed by atoms with Crippen LogP contribution in [0.4, 0.5) is 10.5 Å². The summed E-state index contributed by atoms with van der Waals surface area (Å²) in [5.74, 6) is 0.738. The van der Waals surface area contributed by atoms with E-state index in [-0.39, 0.29) is 18.6 Å². The smallest absolute Gasteiger partial charge is 0.410 e. The van der Waals surface area contributed by atoms with Gasteiger partial charge in [-0.3, -0.25) is 4.79 Å². The van der Waals surface area contributed by atoms with Crippen molar-refractivity contribution in [1.29, 1.82) is 0 Å². The molecular formula is C19H26N2O4. The number of carbonyl (C=O) groups is 2. The van der Waals surface area contributed by atoms with Gasteiger partial charge in [-0.2, -0.15) is 0 Å². The van der Waals surface area contributed by atoms with E-state index in [2.05, 4.69) is 0 Å². The topological polar surface area (TPSA) is 59.1 Å². The molecule has 3 rings (SSSR count). The highest BCUT2D eigenvalue weighted by Gasteiger charge is 2.29. The molecule has 0 N–H and O–H groups in total. The molecule has 1 aromatic rings. The maximum Gasteiger partial charge on any atom is 0.410 e. The Kier molecular flexibility index (Phi) is 4.39. The van der Waals surface area contributed by atoms with E-state index in [0.29, 0.717) is 13.1 Å². The molecule has 0 saturated carbocycles. The molecular weight excluding hydrogens is 320 g/mol. The summed E-state index contributed by atoms with van der Waals surface area (Å²) >= 11 is 0. The van der Waals surface area contributed by atoms with Crippen LogP contribution in [0.15, 0.2) is 6.07 Å². The Morgan fingerprint density at radius 3 is 2.60 bits per heavy atom. The summed E-state index contributed by atoms with van der Waals surface area (Å²) in [4.78, 5) is 27.7. The molecule has 2 heterocycles. The molecule has 2 aliphatic heterocycles. The van der Waals surface area contributed by atoms with Crippen LogP contribution in [0.3, 0.4) is 0 Å². The summed E-state index contributed by atoms with van der Waals surface area (Å²) in [5, 5.41) is 0. The van der Waals surface area contributed by atoms with Crippen molar-refractivity contribution >= 4 is 17.7 Å². The van der Waals surface area contributed by atoms with Gasteiger partial charge in [0.05, 0.1) is 5.69 Å². The maximum absolute atomic E-state index is 12.4. The number of hydrogen-bond acceptors (Lipinski definition) is 4. The van der Waals surface area contributed by atoms with Crippen LogP contribution in [0.2, 0.25) is 0 Å².